The molecular weight excluding hydrogens is 152 g/mol. The van der Waals surface area contributed by atoms with Crippen LogP contribution >= 0.6 is 0 Å². The van der Waals surface area contributed by atoms with Gasteiger partial charge in [-0.2, -0.15) is 0 Å². The maximum absolute atomic E-state index is 10.4. The van der Waals surface area contributed by atoms with Gasteiger partial charge in [0, 0.05) is 18.0 Å². The van der Waals surface area contributed by atoms with Gasteiger partial charge in [-0.05, 0) is 17.7 Å². The highest BCUT2D eigenvalue weighted by atomic mass is 16.1. The minimum absolute atomic E-state index is 0.459. The van der Waals surface area contributed by atoms with Crippen LogP contribution in [0.25, 0.3) is 12.2 Å². The van der Waals surface area contributed by atoms with Gasteiger partial charge in [0.2, 0.25) is 5.91 Å². The molecule has 0 aromatic carbocycles. The van der Waals surface area contributed by atoms with Crippen molar-refractivity contribution in [1.29, 1.82) is 0 Å². The summed E-state index contributed by atoms with van der Waals surface area (Å²) in [7, 11) is 0. The van der Waals surface area contributed by atoms with Gasteiger partial charge in [-0.1, -0.05) is 12.7 Å². The van der Waals surface area contributed by atoms with Crippen LogP contribution in [0.2, 0.25) is 0 Å². The fourth-order valence-corrected chi connectivity index (χ4v) is 0.882. The van der Waals surface area contributed by atoms with Crippen LogP contribution in [0.15, 0.2) is 24.9 Å². The highest BCUT2D eigenvalue weighted by Gasteiger charge is 1.94. The van der Waals surface area contributed by atoms with Crippen molar-refractivity contribution in [3.8, 4) is 0 Å². The Morgan fingerprint density at radius 3 is 3.00 bits per heavy atom. The predicted molar refractivity (Wildman–Crippen MR) is 49.1 cm³/mol. The van der Waals surface area contributed by atoms with Gasteiger partial charge in [0.1, 0.15) is 0 Å². The predicted octanol–water partition coefficient (Wildman–Crippen LogP) is 1.16. The Labute approximate surface area is 70.6 Å². The number of rotatable bonds is 3. The number of H-pyrrole nitrogens is 1. The third-order valence-electron chi connectivity index (χ3n) is 1.45. The number of nitrogens with one attached hydrogen (secondary N) is 1. The van der Waals surface area contributed by atoms with Gasteiger partial charge in [-0.3, -0.25) is 4.79 Å². The highest BCUT2D eigenvalue weighted by Crippen LogP contribution is 2.09. The first-order valence-corrected chi connectivity index (χ1v) is 3.51. The summed E-state index contributed by atoms with van der Waals surface area (Å²) in [5, 5.41) is 0. The Balaban J connectivity index is 2.88. The van der Waals surface area contributed by atoms with E-state index in [2.05, 4.69) is 11.6 Å². The SMILES string of the molecule is C=Cc1cc[nH]c1C=CC(N)=O. The molecular formula is C9H10N2O. The molecule has 0 spiro atoms. The minimum atomic E-state index is -0.459. The van der Waals surface area contributed by atoms with Crippen LogP contribution in [0, 0.1) is 0 Å². The zero-order valence-corrected chi connectivity index (χ0v) is 6.58. The summed E-state index contributed by atoms with van der Waals surface area (Å²) in [6, 6.07) is 1.87. The molecule has 0 atom stereocenters. The first-order chi connectivity index (χ1) is 5.74. The number of hydrogen-bond donors (Lipinski definition) is 2. The Hall–Kier alpha value is -1.77. The van der Waals surface area contributed by atoms with E-state index in [1.807, 2.05) is 6.07 Å². The van der Waals surface area contributed by atoms with Gasteiger partial charge < -0.3 is 10.7 Å². The third kappa shape index (κ3) is 1.85. The summed E-state index contributed by atoms with van der Waals surface area (Å²) < 4.78 is 0. The van der Waals surface area contributed by atoms with Gasteiger partial charge in [0.15, 0.2) is 0 Å². The van der Waals surface area contributed by atoms with Crippen molar-refractivity contribution in [2.45, 2.75) is 0 Å². The van der Waals surface area contributed by atoms with Gasteiger partial charge in [-0.25, -0.2) is 0 Å². The summed E-state index contributed by atoms with van der Waals surface area (Å²) in [5.74, 6) is -0.459. The van der Waals surface area contributed by atoms with Gasteiger partial charge >= 0.3 is 0 Å². The third-order valence-corrected chi connectivity index (χ3v) is 1.45. The first-order valence-electron chi connectivity index (χ1n) is 3.51. The maximum atomic E-state index is 10.4. The first kappa shape index (κ1) is 8.33. The summed E-state index contributed by atoms with van der Waals surface area (Å²) in [6.07, 6.45) is 6.41. The van der Waals surface area contributed by atoms with Crippen LogP contribution in [-0.4, -0.2) is 10.9 Å². The molecule has 0 fully saturated rings. The largest absolute Gasteiger partial charge is 0.366 e. The maximum Gasteiger partial charge on any atom is 0.241 e. The summed E-state index contributed by atoms with van der Waals surface area (Å²) in [5.41, 5.74) is 6.72. The zero-order chi connectivity index (χ0) is 8.97. The molecule has 1 aromatic rings. The second-order valence-corrected chi connectivity index (χ2v) is 2.29. The lowest BCUT2D eigenvalue weighted by Crippen LogP contribution is -2.05. The Kier molecular flexibility index (Phi) is 2.48. The van der Waals surface area contributed by atoms with E-state index in [4.69, 9.17) is 5.73 Å². The molecule has 62 valence electrons. The normalized spacial score (nSPS) is 10.3. The van der Waals surface area contributed by atoms with E-state index in [1.54, 1.807) is 18.3 Å². The number of carbonyl (C=O) groups is 1. The smallest absolute Gasteiger partial charge is 0.241 e. The molecule has 12 heavy (non-hydrogen) atoms. The molecule has 3 nitrogen and oxygen atoms in total. The second kappa shape index (κ2) is 3.57. The average molecular weight is 162 g/mol. The fraction of sp³-hybridized carbons (Fsp3) is 0. The lowest BCUT2D eigenvalue weighted by Gasteiger charge is -1.89. The minimum Gasteiger partial charge on any atom is -0.366 e. The van der Waals surface area contributed by atoms with Gasteiger partial charge in [0.05, 0.1) is 0 Å². The molecule has 1 amide bonds. The van der Waals surface area contributed by atoms with Crippen molar-refractivity contribution in [3.05, 3.63) is 36.2 Å². The fourth-order valence-electron chi connectivity index (χ4n) is 0.882. The Morgan fingerprint density at radius 1 is 1.67 bits per heavy atom. The van der Waals surface area contributed by atoms with E-state index in [9.17, 15) is 4.79 Å². The lowest BCUT2D eigenvalue weighted by atomic mass is 10.2. The van der Waals surface area contributed by atoms with Gasteiger partial charge in [-0.15, -0.1) is 0 Å². The number of aromatic amines is 1. The monoisotopic (exact) mass is 162 g/mol. The zero-order valence-electron chi connectivity index (χ0n) is 6.58. The van der Waals surface area contributed by atoms with Crippen molar-refractivity contribution in [2.24, 2.45) is 5.73 Å². The van der Waals surface area contributed by atoms with Crippen LogP contribution in [0.1, 0.15) is 11.3 Å². The molecule has 0 saturated carbocycles. The molecule has 1 rings (SSSR count). The van der Waals surface area contributed by atoms with E-state index in [0.29, 0.717) is 0 Å². The molecule has 3 N–H and O–H groups in total. The molecule has 0 aliphatic heterocycles. The van der Waals surface area contributed by atoms with Crippen molar-refractivity contribution >= 4 is 18.1 Å². The molecule has 0 saturated heterocycles. The van der Waals surface area contributed by atoms with E-state index < -0.39 is 5.91 Å². The Morgan fingerprint density at radius 2 is 2.42 bits per heavy atom. The van der Waals surface area contributed by atoms with Crippen molar-refractivity contribution < 1.29 is 4.79 Å². The van der Waals surface area contributed by atoms with Crippen LogP contribution in [0.3, 0.4) is 0 Å². The van der Waals surface area contributed by atoms with Crippen LogP contribution in [-0.2, 0) is 4.79 Å². The lowest BCUT2D eigenvalue weighted by molar-refractivity contribution is -0.113. The van der Waals surface area contributed by atoms with E-state index >= 15 is 0 Å². The van der Waals surface area contributed by atoms with E-state index in [-0.39, 0.29) is 0 Å². The van der Waals surface area contributed by atoms with Crippen LogP contribution in [0.5, 0.6) is 0 Å². The van der Waals surface area contributed by atoms with Crippen molar-refractivity contribution in [3.63, 3.8) is 0 Å². The summed E-state index contributed by atoms with van der Waals surface area (Å²) in [4.78, 5) is 13.3. The quantitative estimate of drug-likeness (QED) is 0.643. The molecule has 1 heterocycles. The molecule has 0 aliphatic rings. The summed E-state index contributed by atoms with van der Waals surface area (Å²) >= 11 is 0. The number of nitrogens with two attached hydrogens (primary N) is 1. The van der Waals surface area contributed by atoms with Crippen LogP contribution < -0.4 is 5.73 Å². The molecule has 0 radical (unpaired) electrons. The van der Waals surface area contributed by atoms with Gasteiger partial charge in [0.25, 0.3) is 0 Å². The van der Waals surface area contributed by atoms with Crippen LogP contribution in [0.4, 0.5) is 0 Å². The second-order valence-electron chi connectivity index (χ2n) is 2.29. The number of amides is 1. The molecule has 0 bridgehead atoms. The van der Waals surface area contributed by atoms with Crippen molar-refractivity contribution in [1.82, 2.24) is 4.98 Å². The topological polar surface area (TPSA) is 58.9 Å². The number of aromatic nitrogens is 1. The molecule has 0 aliphatic carbocycles. The molecule has 0 unspecified atom stereocenters. The highest BCUT2D eigenvalue weighted by molar-refractivity contribution is 5.90. The number of hydrogen-bond acceptors (Lipinski definition) is 1. The molecule has 1 aromatic heterocycles. The average Bonchev–Trinajstić information content (AvgIpc) is 2.47. The molecule has 3 heteroatoms. The van der Waals surface area contributed by atoms with E-state index in [1.165, 1.54) is 6.08 Å². The number of carbonyl (C=O) groups excluding carboxylic acids is 1. The van der Waals surface area contributed by atoms with Crippen molar-refractivity contribution in [2.75, 3.05) is 0 Å². The van der Waals surface area contributed by atoms with E-state index in [0.717, 1.165) is 11.3 Å². The Bertz CT molecular complexity index is 323. The number of primary amides is 1. The standard InChI is InChI=1S/C9H10N2O/c1-2-7-5-6-11-8(7)3-4-9(10)12/h2-6,11H,1H2,(H2,10,12). The summed E-state index contributed by atoms with van der Waals surface area (Å²) in [6.45, 7) is 3.62.